The van der Waals surface area contributed by atoms with E-state index in [0.29, 0.717) is 29.5 Å². The summed E-state index contributed by atoms with van der Waals surface area (Å²) in [5, 5.41) is 0. The van der Waals surface area contributed by atoms with Gasteiger partial charge in [-0.05, 0) is 38.5 Å². The van der Waals surface area contributed by atoms with Crippen LogP contribution in [-0.2, 0) is 6.42 Å². The van der Waals surface area contributed by atoms with Crippen molar-refractivity contribution in [1.29, 1.82) is 0 Å². The topological polar surface area (TPSA) is 66.1 Å². The van der Waals surface area contributed by atoms with Crippen LogP contribution in [0.1, 0.15) is 35.7 Å². The van der Waals surface area contributed by atoms with E-state index in [9.17, 15) is 9.59 Å². The standard InChI is InChI=1S/C16H18N2O3/c1-4-11-7-12(10(3)17-15(11)19)13-5-6-14(21-13)16(20)18-8-9(18)2/h5-7,9H,4,8H2,1-3H3,(H,17,19). The molecule has 0 radical (unpaired) electrons. The van der Waals surface area contributed by atoms with Crippen molar-refractivity contribution in [2.45, 2.75) is 33.2 Å². The van der Waals surface area contributed by atoms with Crippen LogP contribution in [0.4, 0.5) is 0 Å². The second-order valence-corrected chi connectivity index (χ2v) is 5.49. The minimum atomic E-state index is -0.0773. The molecule has 0 bridgehead atoms. The summed E-state index contributed by atoms with van der Waals surface area (Å²) in [7, 11) is 0. The number of furan rings is 1. The van der Waals surface area contributed by atoms with E-state index in [1.165, 1.54) is 0 Å². The minimum Gasteiger partial charge on any atom is -0.451 e. The molecule has 0 aliphatic carbocycles. The SMILES string of the molecule is CCc1cc(-c2ccc(C(=O)N3CC3C)o2)c(C)[nH]c1=O. The highest BCUT2D eigenvalue weighted by molar-refractivity contribution is 5.94. The first-order valence-corrected chi connectivity index (χ1v) is 7.15. The Kier molecular flexibility index (Phi) is 3.20. The molecule has 1 saturated heterocycles. The molecule has 5 heteroatoms. The summed E-state index contributed by atoms with van der Waals surface area (Å²) < 4.78 is 5.69. The van der Waals surface area contributed by atoms with Crippen molar-refractivity contribution in [3.63, 3.8) is 0 Å². The molecule has 5 nitrogen and oxygen atoms in total. The molecule has 1 amide bonds. The Morgan fingerprint density at radius 2 is 2.19 bits per heavy atom. The summed E-state index contributed by atoms with van der Waals surface area (Å²) in [5.41, 5.74) is 2.20. The van der Waals surface area contributed by atoms with Crippen LogP contribution in [-0.4, -0.2) is 28.4 Å². The molecule has 1 unspecified atom stereocenters. The van der Waals surface area contributed by atoms with Gasteiger partial charge in [0.05, 0.1) is 0 Å². The van der Waals surface area contributed by atoms with Crippen LogP contribution in [0.25, 0.3) is 11.3 Å². The predicted molar refractivity (Wildman–Crippen MR) is 79.4 cm³/mol. The van der Waals surface area contributed by atoms with Crippen LogP contribution in [0.2, 0.25) is 0 Å². The number of carbonyl (C=O) groups is 1. The zero-order chi connectivity index (χ0) is 15.1. The summed E-state index contributed by atoms with van der Waals surface area (Å²) in [6.45, 7) is 6.54. The summed E-state index contributed by atoms with van der Waals surface area (Å²) in [6.07, 6.45) is 0.653. The van der Waals surface area contributed by atoms with Gasteiger partial charge in [0.2, 0.25) is 0 Å². The number of aromatic amines is 1. The fraction of sp³-hybridized carbons (Fsp3) is 0.375. The number of hydrogen-bond donors (Lipinski definition) is 1. The molecule has 0 saturated carbocycles. The number of aryl methyl sites for hydroxylation is 2. The van der Waals surface area contributed by atoms with Crippen LogP contribution in [0.15, 0.2) is 27.4 Å². The average Bonchev–Trinajstić information content (AvgIpc) is 2.99. The molecular formula is C16H18N2O3. The van der Waals surface area contributed by atoms with Crippen LogP contribution in [0.3, 0.4) is 0 Å². The van der Waals surface area contributed by atoms with E-state index in [-0.39, 0.29) is 11.5 Å². The van der Waals surface area contributed by atoms with Gasteiger partial charge in [-0.1, -0.05) is 6.92 Å². The second kappa shape index (κ2) is 4.91. The molecule has 0 spiro atoms. The van der Waals surface area contributed by atoms with Crippen LogP contribution in [0, 0.1) is 6.92 Å². The summed E-state index contributed by atoms with van der Waals surface area (Å²) >= 11 is 0. The van der Waals surface area contributed by atoms with Gasteiger partial charge in [-0.25, -0.2) is 0 Å². The number of rotatable bonds is 3. The van der Waals surface area contributed by atoms with Crippen molar-refractivity contribution in [2.24, 2.45) is 0 Å². The lowest BCUT2D eigenvalue weighted by Crippen LogP contribution is -2.13. The summed E-state index contributed by atoms with van der Waals surface area (Å²) in [5.74, 6) is 0.876. The Balaban J connectivity index is 1.96. The number of aromatic nitrogens is 1. The van der Waals surface area contributed by atoms with Gasteiger partial charge in [-0.2, -0.15) is 0 Å². The Hall–Kier alpha value is -2.30. The third kappa shape index (κ3) is 2.39. The molecule has 2 aromatic rings. The molecular weight excluding hydrogens is 268 g/mol. The van der Waals surface area contributed by atoms with Gasteiger partial charge in [-0.15, -0.1) is 0 Å². The third-order valence-corrected chi connectivity index (χ3v) is 3.90. The Morgan fingerprint density at radius 3 is 2.81 bits per heavy atom. The largest absolute Gasteiger partial charge is 0.451 e. The van der Waals surface area contributed by atoms with Gasteiger partial charge < -0.3 is 14.3 Å². The van der Waals surface area contributed by atoms with Gasteiger partial charge in [0.15, 0.2) is 5.76 Å². The van der Waals surface area contributed by atoms with Crippen molar-refractivity contribution in [3.8, 4) is 11.3 Å². The van der Waals surface area contributed by atoms with E-state index in [0.717, 1.165) is 17.8 Å². The second-order valence-electron chi connectivity index (χ2n) is 5.49. The molecule has 1 N–H and O–H groups in total. The molecule has 2 aromatic heterocycles. The van der Waals surface area contributed by atoms with E-state index < -0.39 is 0 Å². The summed E-state index contributed by atoms with van der Waals surface area (Å²) in [6, 6.07) is 5.61. The monoisotopic (exact) mass is 286 g/mol. The Bertz CT molecular complexity index is 757. The number of nitrogens with zero attached hydrogens (tertiary/aromatic N) is 1. The average molecular weight is 286 g/mol. The number of hydrogen-bond acceptors (Lipinski definition) is 3. The number of amides is 1. The van der Waals surface area contributed by atoms with E-state index >= 15 is 0 Å². The summed E-state index contributed by atoms with van der Waals surface area (Å²) in [4.78, 5) is 28.4. The number of H-pyrrole nitrogens is 1. The third-order valence-electron chi connectivity index (χ3n) is 3.90. The predicted octanol–water partition coefficient (Wildman–Crippen LogP) is 2.35. The smallest absolute Gasteiger partial charge is 0.289 e. The highest BCUT2D eigenvalue weighted by Gasteiger charge is 2.36. The van der Waals surface area contributed by atoms with E-state index in [1.807, 2.05) is 26.8 Å². The molecule has 1 aliphatic rings. The van der Waals surface area contributed by atoms with Gasteiger partial charge in [-0.3, -0.25) is 9.59 Å². The molecule has 1 aliphatic heterocycles. The fourth-order valence-corrected chi connectivity index (χ4v) is 2.44. The lowest BCUT2D eigenvalue weighted by molar-refractivity contribution is 0.0847. The first-order chi connectivity index (χ1) is 10.0. The van der Waals surface area contributed by atoms with Crippen LogP contribution < -0.4 is 5.56 Å². The molecule has 3 heterocycles. The first-order valence-electron chi connectivity index (χ1n) is 7.15. The van der Waals surface area contributed by atoms with Crippen molar-refractivity contribution in [1.82, 2.24) is 9.88 Å². The number of carbonyl (C=O) groups excluding carboxylic acids is 1. The maximum atomic E-state index is 12.1. The van der Waals surface area contributed by atoms with Crippen molar-refractivity contribution in [2.75, 3.05) is 6.54 Å². The van der Waals surface area contributed by atoms with Gasteiger partial charge in [0, 0.05) is 29.4 Å². The highest BCUT2D eigenvalue weighted by atomic mass is 16.4. The lowest BCUT2D eigenvalue weighted by Gasteiger charge is -2.05. The van der Waals surface area contributed by atoms with E-state index in [4.69, 9.17) is 4.42 Å². The molecule has 21 heavy (non-hydrogen) atoms. The van der Waals surface area contributed by atoms with Crippen LogP contribution in [0.5, 0.6) is 0 Å². The minimum absolute atomic E-state index is 0.0699. The van der Waals surface area contributed by atoms with Gasteiger partial charge in [0.1, 0.15) is 5.76 Å². The Labute approximate surface area is 122 Å². The van der Waals surface area contributed by atoms with Crippen molar-refractivity contribution in [3.05, 3.63) is 45.6 Å². The van der Waals surface area contributed by atoms with Gasteiger partial charge >= 0.3 is 0 Å². The normalized spacial score (nSPS) is 17.1. The fourth-order valence-electron chi connectivity index (χ4n) is 2.44. The molecule has 3 rings (SSSR count). The molecule has 1 fully saturated rings. The zero-order valence-corrected chi connectivity index (χ0v) is 12.4. The van der Waals surface area contributed by atoms with Gasteiger partial charge in [0.25, 0.3) is 11.5 Å². The maximum Gasteiger partial charge on any atom is 0.289 e. The lowest BCUT2D eigenvalue weighted by atomic mass is 10.1. The quantitative estimate of drug-likeness (QED) is 0.881. The zero-order valence-electron chi connectivity index (χ0n) is 12.4. The highest BCUT2D eigenvalue weighted by Crippen LogP contribution is 2.27. The molecule has 0 aromatic carbocycles. The number of nitrogens with one attached hydrogen (secondary N) is 1. The molecule has 110 valence electrons. The van der Waals surface area contributed by atoms with Crippen molar-refractivity contribution >= 4 is 5.91 Å². The van der Waals surface area contributed by atoms with E-state index in [1.54, 1.807) is 17.0 Å². The van der Waals surface area contributed by atoms with Crippen molar-refractivity contribution < 1.29 is 9.21 Å². The van der Waals surface area contributed by atoms with E-state index in [2.05, 4.69) is 4.98 Å². The molecule has 1 atom stereocenters. The van der Waals surface area contributed by atoms with Crippen LogP contribution >= 0.6 is 0 Å². The first kappa shape index (κ1) is 13.7. The number of pyridine rings is 1. The maximum absolute atomic E-state index is 12.1. The Morgan fingerprint density at radius 1 is 1.48 bits per heavy atom.